The molecule has 3 nitrogen and oxygen atoms in total. The molecule has 0 fully saturated rings. The van der Waals surface area contributed by atoms with Gasteiger partial charge >= 0.3 is 0 Å². The van der Waals surface area contributed by atoms with Gasteiger partial charge in [0.2, 0.25) is 0 Å². The number of nitrogens with one attached hydrogen (secondary N) is 1. The molecule has 0 aliphatic heterocycles. The van der Waals surface area contributed by atoms with Gasteiger partial charge in [0.1, 0.15) is 0 Å². The van der Waals surface area contributed by atoms with E-state index in [2.05, 4.69) is 21.6 Å². The largest absolute Gasteiger partial charge is 0.388 e. The first-order chi connectivity index (χ1) is 8.70. The molecule has 0 bridgehead atoms. The summed E-state index contributed by atoms with van der Waals surface area (Å²) < 4.78 is 0. The van der Waals surface area contributed by atoms with Crippen LogP contribution in [0.5, 0.6) is 0 Å². The van der Waals surface area contributed by atoms with Gasteiger partial charge < -0.3 is 5.32 Å². The van der Waals surface area contributed by atoms with Gasteiger partial charge in [0.25, 0.3) is 0 Å². The summed E-state index contributed by atoms with van der Waals surface area (Å²) in [5.41, 5.74) is 5.08. The van der Waals surface area contributed by atoms with Gasteiger partial charge in [-0.1, -0.05) is 6.92 Å². The maximum Gasteiger partial charge on any atom is 0.0860 e. The third kappa shape index (κ3) is 4.22. The van der Waals surface area contributed by atoms with E-state index in [1.54, 1.807) is 0 Å². The Morgan fingerprint density at radius 2 is 1.84 bits per heavy atom. The fourth-order valence-corrected chi connectivity index (χ4v) is 1.72. The smallest absolute Gasteiger partial charge is 0.0860 e. The molecule has 0 atom stereocenters. The van der Waals surface area contributed by atoms with Crippen LogP contribution < -0.4 is 5.32 Å². The Morgan fingerprint density at radius 1 is 1.05 bits per heavy atom. The van der Waals surface area contributed by atoms with Crippen LogP contribution in [0.4, 0.5) is 17.1 Å². The van der Waals surface area contributed by atoms with E-state index in [9.17, 15) is 0 Å². The Kier molecular flexibility index (Phi) is 6.33. The summed E-state index contributed by atoms with van der Waals surface area (Å²) in [5.74, 6) is 0. The van der Waals surface area contributed by atoms with Crippen LogP contribution in [0.15, 0.2) is 46.6 Å². The molecule has 1 radical (unpaired) electrons. The first-order valence-electron chi connectivity index (χ1n) is 5.87. The molecular formula is C15H16N3Y-. The third-order valence-corrected chi connectivity index (χ3v) is 2.79. The molecule has 95 valence electrons. The van der Waals surface area contributed by atoms with Crippen molar-refractivity contribution in [3.8, 4) is 0 Å². The minimum absolute atomic E-state index is 0. The number of hydrogen-bond donors (Lipinski definition) is 1. The van der Waals surface area contributed by atoms with Crippen molar-refractivity contribution in [2.45, 2.75) is 13.8 Å². The van der Waals surface area contributed by atoms with Gasteiger partial charge in [-0.2, -0.15) is 28.4 Å². The van der Waals surface area contributed by atoms with Gasteiger partial charge in [-0.25, -0.2) is 0 Å². The van der Waals surface area contributed by atoms with Gasteiger partial charge in [-0.15, -0.1) is 11.6 Å². The Labute approximate surface area is 139 Å². The number of rotatable bonds is 3. The summed E-state index contributed by atoms with van der Waals surface area (Å²) in [6.45, 7) is 4.05. The first kappa shape index (κ1) is 16.0. The van der Waals surface area contributed by atoms with Gasteiger partial charge in [0.05, 0.1) is 5.69 Å². The Hall–Kier alpha value is -1.06. The van der Waals surface area contributed by atoms with Crippen molar-refractivity contribution in [1.82, 2.24) is 0 Å². The van der Waals surface area contributed by atoms with Gasteiger partial charge in [-0.05, 0) is 36.4 Å². The third-order valence-electron chi connectivity index (χ3n) is 2.79. The van der Waals surface area contributed by atoms with E-state index in [0.29, 0.717) is 0 Å². The van der Waals surface area contributed by atoms with Gasteiger partial charge in [0.15, 0.2) is 0 Å². The predicted octanol–water partition coefficient (Wildman–Crippen LogP) is 4.56. The number of aryl methyl sites for hydroxylation is 2. The minimum Gasteiger partial charge on any atom is -0.388 e. The zero-order valence-electron chi connectivity index (χ0n) is 11.4. The maximum absolute atomic E-state index is 4.26. The van der Waals surface area contributed by atoms with Crippen molar-refractivity contribution >= 4 is 17.1 Å². The van der Waals surface area contributed by atoms with Crippen LogP contribution in [-0.4, -0.2) is 7.05 Å². The van der Waals surface area contributed by atoms with Crippen LogP contribution in [0, 0.1) is 19.9 Å². The van der Waals surface area contributed by atoms with E-state index in [-0.39, 0.29) is 32.7 Å². The van der Waals surface area contributed by atoms with Crippen LogP contribution >= 0.6 is 0 Å². The molecule has 0 spiro atoms. The molecule has 0 saturated carbocycles. The Bertz CT molecular complexity index is 579. The maximum atomic E-state index is 4.26. The van der Waals surface area contributed by atoms with Crippen LogP contribution in [0.1, 0.15) is 11.1 Å². The van der Waals surface area contributed by atoms with Crippen molar-refractivity contribution in [2.24, 2.45) is 10.2 Å². The zero-order valence-corrected chi connectivity index (χ0v) is 14.3. The molecular weight excluding hydrogens is 311 g/mol. The minimum atomic E-state index is 0. The van der Waals surface area contributed by atoms with Crippen LogP contribution in [0.3, 0.4) is 0 Å². The first-order valence-corrected chi connectivity index (χ1v) is 5.87. The molecule has 2 aromatic carbocycles. The molecule has 0 amide bonds. The van der Waals surface area contributed by atoms with E-state index in [1.807, 2.05) is 57.3 Å². The number of benzene rings is 2. The fraction of sp³-hybridized carbons (Fsp3) is 0.200. The summed E-state index contributed by atoms with van der Waals surface area (Å²) >= 11 is 0. The summed E-state index contributed by atoms with van der Waals surface area (Å²) in [5, 5.41) is 11.6. The summed E-state index contributed by atoms with van der Waals surface area (Å²) in [7, 11) is 1.91. The fourth-order valence-electron chi connectivity index (χ4n) is 1.72. The Balaban J connectivity index is 0.00000180. The number of azo groups is 1. The summed E-state index contributed by atoms with van der Waals surface area (Å²) in [6.07, 6.45) is 0. The quantitative estimate of drug-likeness (QED) is 0.651. The van der Waals surface area contributed by atoms with Gasteiger partial charge in [-0.3, -0.25) is 0 Å². The molecule has 0 aliphatic carbocycles. The number of hydrogen-bond acceptors (Lipinski definition) is 3. The average Bonchev–Trinajstić information content (AvgIpc) is 2.38. The van der Waals surface area contributed by atoms with Crippen molar-refractivity contribution < 1.29 is 32.7 Å². The molecule has 0 saturated heterocycles. The molecule has 19 heavy (non-hydrogen) atoms. The molecule has 0 unspecified atom stereocenters. The molecule has 4 heteroatoms. The summed E-state index contributed by atoms with van der Waals surface area (Å²) in [4.78, 5) is 0. The number of anilines is 1. The molecule has 2 rings (SSSR count). The zero-order chi connectivity index (χ0) is 13.0. The monoisotopic (exact) mass is 327 g/mol. The number of nitrogens with zero attached hydrogens (tertiary/aromatic N) is 2. The molecule has 2 aromatic rings. The van der Waals surface area contributed by atoms with Gasteiger partial charge in [0, 0.05) is 45.4 Å². The van der Waals surface area contributed by atoms with Crippen molar-refractivity contribution in [3.63, 3.8) is 0 Å². The normalized spacial score (nSPS) is 10.3. The van der Waals surface area contributed by atoms with E-state index in [4.69, 9.17) is 0 Å². The van der Waals surface area contributed by atoms with Crippen molar-refractivity contribution in [1.29, 1.82) is 0 Å². The molecule has 0 heterocycles. The second-order valence-electron chi connectivity index (χ2n) is 4.16. The molecule has 0 aliphatic rings. The molecule has 0 aromatic heterocycles. The second kappa shape index (κ2) is 7.51. The van der Waals surface area contributed by atoms with Crippen molar-refractivity contribution in [2.75, 3.05) is 12.4 Å². The van der Waals surface area contributed by atoms with E-state index < -0.39 is 0 Å². The van der Waals surface area contributed by atoms with E-state index in [1.165, 1.54) is 0 Å². The van der Waals surface area contributed by atoms with Crippen LogP contribution in [-0.2, 0) is 32.7 Å². The van der Waals surface area contributed by atoms with Crippen LogP contribution in [0.2, 0.25) is 0 Å². The SMILES string of the molecule is CNc1ccc(N=Nc2cc[c-]cc2C)cc1C.[Y]. The van der Waals surface area contributed by atoms with Crippen molar-refractivity contribution in [3.05, 3.63) is 53.6 Å². The topological polar surface area (TPSA) is 36.8 Å². The standard InChI is InChI=1S/C15H16N3.Y/c1-11-6-4-5-7-15(11)18-17-13-8-9-14(16-3)12(2)10-13;/h5-10,16H,1-3H3;/q-1;. The average molecular weight is 327 g/mol. The predicted molar refractivity (Wildman–Crippen MR) is 74.9 cm³/mol. The van der Waals surface area contributed by atoms with Crippen LogP contribution in [0.25, 0.3) is 0 Å². The Morgan fingerprint density at radius 3 is 2.47 bits per heavy atom. The van der Waals surface area contributed by atoms with E-state index in [0.717, 1.165) is 28.2 Å². The van der Waals surface area contributed by atoms with E-state index >= 15 is 0 Å². The second-order valence-corrected chi connectivity index (χ2v) is 4.16. The molecule has 1 N–H and O–H groups in total. The summed E-state index contributed by atoms with van der Waals surface area (Å²) in [6, 6.07) is 14.6.